The number of nitrogens with zero attached hydrogens (tertiary/aromatic N) is 6. The number of fused-ring (bicyclic) bond motifs is 9. The molecule has 0 aliphatic rings. The van der Waals surface area contributed by atoms with Crippen LogP contribution in [-0.4, -0.2) is 29.5 Å². The summed E-state index contributed by atoms with van der Waals surface area (Å²) in [5.74, 6) is 2.16. The standard InChI is InChI=1S/C61H34N6O2/c1-4-16-35(17-5-1)55-54-43-26-12-28-45(60-64-57(36-18-6-2-7-19-36)63-58(65-60)37-20-8-3-9-21-37)56(43)69-61(54)66-59(62-55)44-27-15-31-50-51(44)46-34-38(32-33-49(46)68-50)67-47-29-13-24-41-39-22-10-11-23-40(39)42-25-14-30-48(67)53(42)52(41)47/h1-34H. The first-order chi connectivity index (χ1) is 34.2. The zero-order valence-corrected chi connectivity index (χ0v) is 36.6. The topological polar surface area (TPSA) is 95.7 Å². The van der Waals surface area contributed by atoms with Gasteiger partial charge < -0.3 is 13.4 Å². The molecule has 69 heavy (non-hydrogen) atoms. The molecule has 8 nitrogen and oxygen atoms in total. The quantitative estimate of drug-likeness (QED) is 0.153. The molecule has 15 rings (SSSR count). The van der Waals surface area contributed by atoms with Crippen LogP contribution in [0.4, 0.5) is 0 Å². The minimum absolute atomic E-state index is 0.454. The lowest BCUT2D eigenvalue weighted by molar-refractivity contribution is 0.654. The molecule has 320 valence electrons. The predicted octanol–water partition coefficient (Wildman–Crippen LogP) is 15.6. The van der Waals surface area contributed by atoms with E-state index >= 15 is 0 Å². The van der Waals surface area contributed by atoms with Crippen molar-refractivity contribution in [2.24, 2.45) is 0 Å². The van der Waals surface area contributed by atoms with Crippen molar-refractivity contribution in [3.05, 3.63) is 206 Å². The average Bonchev–Trinajstić information content (AvgIpc) is 4.11. The number of aromatic nitrogens is 6. The fourth-order valence-electron chi connectivity index (χ4n) is 10.7. The van der Waals surface area contributed by atoms with Crippen LogP contribution in [0.2, 0.25) is 0 Å². The zero-order chi connectivity index (χ0) is 45.2. The summed E-state index contributed by atoms with van der Waals surface area (Å²) in [6.45, 7) is 0. The van der Waals surface area contributed by atoms with E-state index in [1.807, 2.05) is 103 Å². The van der Waals surface area contributed by atoms with Crippen LogP contribution in [-0.2, 0) is 0 Å². The van der Waals surface area contributed by atoms with Gasteiger partial charge in [-0.1, -0.05) is 164 Å². The van der Waals surface area contributed by atoms with Gasteiger partial charge in [0.05, 0.1) is 27.7 Å². The minimum atomic E-state index is 0.454. The lowest BCUT2D eigenvalue weighted by atomic mass is 9.95. The Bertz CT molecular complexity index is 4390. The van der Waals surface area contributed by atoms with Gasteiger partial charge in [-0.25, -0.2) is 19.9 Å². The number of benzene rings is 10. The van der Waals surface area contributed by atoms with Gasteiger partial charge in [-0.2, -0.15) is 4.98 Å². The van der Waals surface area contributed by atoms with Crippen molar-refractivity contribution in [3.8, 4) is 62.5 Å². The monoisotopic (exact) mass is 882 g/mol. The van der Waals surface area contributed by atoms with Crippen LogP contribution in [0.3, 0.4) is 0 Å². The molecular formula is C61H34N6O2. The molecule has 0 aliphatic heterocycles. The van der Waals surface area contributed by atoms with Gasteiger partial charge in [0.2, 0.25) is 5.71 Å². The van der Waals surface area contributed by atoms with Gasteiger partial charge >= 0.3 is 0 Å². The third kappa shape index (κ3) is 5.60. The Kier molecular flexibility index (Phi) is 7.91. The Morgan fingerprint density at radius 3 is 1.52 bits per heavy atom. The highest BCUT2D eigenvalue weighted by Gasteiger charge is 2.25. The van der Waals surface area contributed by atoms with Crippen molar-refractivity contribution >= 4 is 87.4 Å². The summed E-state index contributed by atoms with van der Waals surface area (Å²) >= 11 is 0. The molecular weight excluding hydrogens is 849 g/mol. The van der Waals surface area contributed by atoms with Gasteiger partial charge in [-0.15, -0.1) is 0 Å². The first kappa shape index (κ1) is 37.7. The molecule has 5 aromatic heterocycles. The van der Waals surface area contributed by atoms with E-state index in [-0.39, 0.29) is 0 Å². The number of furan rings is 2. The molecule has 0 N–H and O–H groups in total. The lowest BCUT2D eigenvalue weighted by Crippen LogP contribution is -2.00. The lowest BCUT2D eigenvalue weighted by Gasteiger charge is -2.09. The first-order valence-corrected chi connectivity index (χ1v) is 23.0. The summed E-state index contributed by atoms with van der Waals surface area (Å²) < 4.78 is 16.0. The minimum Gasteiger partial charge on any atom is -0.456 e. The second-order valence-electron chi connectivity index (χ2n) is 17.5. The number of rotatable bonds is 6. The molecule has 0 aliphatic carbocycles. The molecule has 0 unspecified atom stereocenters. The number of hydrogen-bond donors (Lipinski definition) is 0. The average molecular weight is 883 g/mol. The van der Waals surface area contributed by atoms with Gasteiger partial charge in [0.25, 0.3) is 0 Å². The fraction of sp³-hybridized carbons (Fsp3) is 0. The molecule has 10 aromatic carbocycles. The van der Waals surface area contributed by atoms with Crippen molar-refractivity contribution in [2.45, 2.75) is 0 Å². The van der Waals surface area contributed by atoms with Gasteiger partial charge in [-0.3, -0.25) is 0 Å². The normalized spacial score (nSPS) is 12.1. The van der Waals surface area contributed by atoms with Crippen LogP contribution < -0.4 is 0 Å². The van der Waals surface area contributed by atoms with Gasteiger partial charge in [0.1, 0.15) is 16.7 Å². The largest absolute Gasteiger partial charge is 0.456 e. The van der Waals surface area contributed by atoms with Crippen LogP contribution in [0.1, 0.15) is 0 Å². The Morgan fingerprint density at radius 2 is 0.855 bits per heavy atom. The SMILES string of the molecule is c1ccc(-c2nc(-c3ccccc3)nc(-c3cccc4c3oc3nc(-c5cccc6oc7ccc(-n8c9cccc%10c%11ccccc%11c%11cccc8c%11c%109)cc7c56)nc(-c5ccccc5)c34)n2)cc1. The third-order valence-electron chi connectivity index (χ3n) is 13.6. The molecule has 0 bridgehead atoms. The third-order valence-corrected chi connectivity index (χ3v) is 13.6. The van der Waals surface area contributed by atoms with E-state index in [1.165, 1.54) is 32.3 Å². The number of hydrogen-bond acceptors (Lipinski definition) is 7. The Balaban J connectivity index is 0.954. The van der Waals surface area contributed by atoms with Crippen LogP contribution in [0, 0.1) is 0 Å². The molecule has 0 amide bonds. The molecule has 0 atom stereocenters. The molecule has 8 heteroatoms. The first-order valence-electron chi connectivity index (χ1n) is 23.0. The Labute approximate surface area is 392 Å². The van der Waals surface area contributed by atoms with Crippen molar-refractivity contribution in [1.29, 1.82) is 0 Å². The summed E-state index contributed by atoms with van der Waals surface area (Å²) in [6.07, 6.45) is 0. The van der Waals surface area contributed by atoms with Crippen molar-refractivity contribution in [2.75, 3.05) is 0 Å². The summed E-state index contributed by atoms with van der Waals surface area (Å²) in [5, 5.41) is 11.1. The fourth-order valence-corrected chi connectivity index (χ4v) is 10.7. The van der Waals surface area contributed by atoms with E-state index in [4.69, 9.17) is 33.8 Å². The van der Waals surface area contributed by atoms with Crippen LogP contribution >= 0.6 is 0 Å². The second kappa shape index (κ2) is 14.5. The van der Waals surface area contributed by atoms with Crippen LogP contribution in [0.15, 0.2) is 215 Å². The van der Waals surface area contributed by atoms with E-state index in [2.05, 4.69) is 108 Å². The summed E-state index contributed by atoms with van der Waals surface area (Å²) in [7, 11) is 0. The molecule has 0 fully saturated rings. The van der Waals surface area contributed by atoms with Crippen LogP contribution in [0.25, 0.3) is 150 Å². The highest BCUT2D eigenvalue weighted by Crippen LogP contribution is 2.46. The van der Waals surface area contributed by atoms with Crippen LogP contribution in [0.5, 0.6) is 0 Å². The second-order valence-corrected chi connectivity index (χ2v) is 17.5. The van der Waals surface area contributed by atoms with Crippen molar-refractivity contribution in [3.63, 3.8) is 0 Å². The van der Waals surface area contributed by atoms with E-state index in [0.29, 0.717) is 34.6 Å². The summed E-state index contributed by atoms with van der Waals surface area (Å²) in [5.41, 5.74) is 11.0. The van der Waals surface area contributed by atoms with Gasteiger partial charge in [-0.05, 0) is 64.0 Å². The van der Waals surface area contributed by atoms with E-state index in [9.17, 15) is 0 Å². The van der Waals surface area contributed by atoms with Gasteiger partial charge in [0.15, 0.2) is 23.3 Å². The van der Waals surface area contributed by atoms with E-state index in [0.717, 1.165) is 82.9 Å². The highest BCUT2D eigenvalue weighted by molar-refractivity contribution is 6.34. The maximum atomic E-state index is 6.95. The van der Waals surface area contributed by atoms with Crippen molar-refractivity contribution < 1.29 is 8.83 Å². The van der Waals surface area contributed by atoms with E-state index < -0.39 is 0 Å². The molecule has 0 radical (unpaired) electrons. The predicted molar refractivity (Wildman–Crippen MR) is 278 cm³/mol. The summed E-state index contributed by atoms with van der Waals surface area (Å²) in [4.78, 5) is 25.8. The van der Waals surface area contributed by atoms with E-state index in [1.54, 1.807) is 0 Å². The number of para-hydroxylation sites is 1. The Hall–Kier alpha value is -9.53. The zero-order valence-electron chi connectivity index (χ0n) is 36.6. The maximum absolute atomic E-state index is 6.95. The maximum Gasteiger partial charge on any atom is 0.231 e. The highest BCUT2D eigenvalue weighted by atomic mass is 16.3. The molecule has 5 heterocycles. The molecule has 15 aromatic rings. The molecule has 0 saturated heterocycles. The summed E-state index contributed by atoms with van der Waals surface area (Å²) in [6, 6.07) is 70.9. The Morgan fingerprint density at radius 1 is 0.319 bits per heavy atom. The van der Waals surface area contributed by atoms with Gasteiger partial charge in [0, 0.05) is 54.9 Å². The van der Waals surface area contributed by atoms with Crippen molar-refractivity contribution in [1.82, 2.24) is 29.5 Å². The molecule has 0 saturated carbocycles. The smallest absolute Gasteiger partial charge is 0.231 e. The molecule has 0 spiro atoms.